The van der Waals surface area contributed by atoms with Crippen LogP contribution in [0.2, 0.25) is 0 Å². The fraction of sp³-hybridized carbons (Fsp3) is 0.0588. The van der Waals surface area contributed by atoms with E-state index in [1.54, 1.807) is 6.08 Å². The van der Waals surface area contributed by atoms with E-state index in [4.69, 9.17) is 10.4 Å². The van der Waals surface area contributed by atoms with Gasteiger partial charge in [-0.2, -0.15) is 0 Å². The molecule has 0 aromatic heterocycles. The lowest BCUT2D eigenvalue weighted by Crippen LogP contribution is -2.04. The third kappa shape index (κ3) is 9.18. The van der Waals surface area contributed by atoms with Crippen LogP contribution in [0.1, 0.15) is 43.0 Å². The molecule has 0 spiro atoms. The molecule has 0 aliphatic rings. The molecule has 0 atom stereocenters. The van der Waals surface area contributed by atoms with E-state index in [9.17, 15) is 0 Å². The van der Waals surface area contributed by atoms with E-state index in [1.807, 2.05) is 118 Å². The predicted octanol–water partition coefficient (Wildman–Crippen LogP) is 14.0. The monoisotopic (exact) mass is 686 g/mol. The second-order valence-corrected chi connectivity index (χ2v) is 12.2. The Morgan fingerprint density at radius 3 is 1.77 bits per heavy atom. The summed E-state index contributed by atoms with van der Waals surface area (Å²) < 4.78 is 0. The SMILES string of the molecule is C=C/C=C\C(=C/C)c1cccc(C(/C=C/C=C/C=C\C=C/C)=N/C(=N)c2ccc(-c3c4ccccc4c(/C(C=C)=C/C=C\C)c4ccccc34)cc2)c1. The lowest BCUT2D eigenvalue weighted by atomic mass is 9.85. The van der Waals surface area contributed by atoms with E-state index in [-0.39, 0.29) is 5.84 Å². The molecule has 5 aromatic carbocycles. The van der Waals surface area contributed by atoms with E-state index in [1.165, 1.54) is 27.1 Å². The van der Waals surface area contributed by atoms with Crippen LogP contribution in [0.15, 0.2) is 212 Å². The second kappa shape index (κ2) is 19.1. The third-order valence-corrected chi connectivity index (χ3v) is 8.80. The van der Waals surface area contributed by atoms with Gasteiger partial charge in [-0.25, -0.2) is 4.99 Å². The van der Waals surface area contributed by atoms with Crippen molar-refractivity contribution in [1.29, 1.82) is 5.41 Å². The number of hydrogen-bond acceptors (Lipinski definition) is 1. The van der Waals surface area contributed by atoms with Crippen molar-refractivity contribution in [1.82, 2.24) is 0 Å². The summed E-state index contributed by atoms with van der Waals surface area (Å²) in [5.41, 5.74) is 8.99. The highest BCUT2D eigenvalue weighted by Crippen LogP contribution is 2.42. The number of fused-ring (bicyclic) bond motifs is 2. The van der Waals surface area contributed by atoms with E-state index in [2.05, 4.69) is 104 Å². The van der Waals surface area contributed by atoms with Crippen molar-refractivity contribution in [3.63, 3.8) is 0 Å². The van der Waals surface area contributed by atoms with Crippen molar-refractivity contribution in [3.8, 4) is 11.1 Å². The standard InChI is InChI=1S/C51H46N2/c1-6-11-14-15-16-17-18-32-48(43-27-23-26-42(37-43)38(9-4)24-12-7-2)53-51(52)41-35-33-40(34-36-41)50-46-30-21-19-28-44(46)49(39(10-5)25-13-8-3)45-29-20-22-31-47(45)50/h6-37,52H,2,5H2,1,3-4H3/b11-6-,13-8-,15-14-,17-16+,24-12-,32-18+,38-9+,39-25+,52-51?,53-48+. The van der Waals surface area contributed by atoms with Gasteiger partial charge in [-0.05, 0) is 87.9 Å². The van der Waals surface area contributed by atoms with Gasteiger partial charge in [0.15, 0.2) is 5.84 Å². The first-order valence-corrected chi connectivity index (χ1v) is 17.9. The molecule has 2 nitrogen and oxygen atoms in total. The molecule has 0 saturated carbocycles. The third-order valence-electron chi connectivity index (χ3n) is 8.80. The average Bonchev–Trinajstić information content (AvgIpc) is 3.20. The molecular formula is C51H46N2. The molecule has 2 heteroatoms. The number of nitrogens with one attached hydrogen (secondary N) is 1. The van der Waals surface area contributed by atoms with Crippen molar-refractivity contribution in [2.75, 3.05) is 0 Å². The minimum absolute atomic E-state index is 0.186. The van der Waals surface area contributed by atoms with Crippen LogP contribution in [0.25, 0.3) is 43.8 Å². The summed E-state index contributed by atoms with van der Waals surface area (Å²) >= 11 is 0. The zero-order chi connectivity index (χ0) is 37.4. The number of aliphatic imine (C=N–C) groups is 1. The largest absolute Gasteiger partial charge is 0.282 e. The van der Waals surface area contributed by atoms with Crippen LogP contribution in [0, 0.1) is 5.41 Å². The molecule has 260 valence electrons. The van der Waals surface area contributed by atoms with Crippen LogP contribution in [-0.4, -0.2) is 11.5 Å². The van der Waals surface area contributed by atoms with Gasteiger partial charge in [-0.3, -0.25) is 5.41 Å². The number of hydrogen-bond donors (Lipinski definition) is 1. The zero-order valence-electron chi connectivity index (χ0n) is 30.8. The summed E-state index contributed by atoms with van der Waals surface area (Å²) in [6.45, 7) is 14.0. The Hall–Kier alpha value is -6.64. The van der Waals surface area contributed by atoms with Gasteiger partial charge in [0, 0.05) is 11.1 Å². The van der Waals surface area contributed by atoms with Crippen LogP contribution >= 0.6 is 0 Å². The molecule has 53 heavy (non-hydrogen) atoms. The molecule has 1 N–H and O–H groups in total. The van der Waals surface area contributed by atoms with Crippen molar-refractivity contribution in [3.05, 3.63) is 230 Å². The fourth-order valence-corrected chi connectivity index (χ4v) is 6.28. The topological polar surface area (TPSA) is 36.2 Å². The summed E-state index contributed by atoms with van der Waals surface area (Å²) in [6.07, 6.45) is 31.8. The maximum atomic E-state index is 9.14. The molecule has 0 radical (unpaired) electrons. The normalized spacial score (nSPS) is 13.3. The van der Waals surface area contributed by atoms with Gasteiger partial charge in [0.25, 0.3) is 0 Å². The smallest absolute Gasteiger partial charge is 0.152 e. The number of nitrogens with zero attached hydrogens (tertiary/aromatic N) is 1. The predicted molar refractivity (Wildman–Crippen MR) is 235 cm³/mol. The van der Waals surface area contributed by atoms with Gasteiger partial charge in [0.1, 0.15) is 0 Å². The second-order valence-electron chi connectivity index (χ2n) is 12.2. The number of allylic oxidation sites excluding steroid dienone is 18. The van der Waals surface area contributed by atoms with Crippen LogP contribution < -0.4 is 0 Å². The van der Waals surface area contributed by atoms with Crippen LogP contribution in [0.3, 0.4) is 0 Å². The van der Waals surface area contributed by atoms with Gasteiger partial charge in [-0.15, -0.1) is 0 Å². The van der Waals surface area contributed by atoms with Crippen molar-refractivity contribution in [2.24, 2.45) is 4.99 Å². The molecule has 5 rings (SSSR count). The van der Waals surface area contributed by atoms with E-state index < -0.39 is 0 Å². The maximum absolute atomic E-state index is 9.14. The van der Waals surface area contributed by atoms with Gasteiger partial charge in [0.2, 0.25) is 0 Å². The Morgan fingerprint density at radius 2 is 1.17 bits per heavy atom. The minimum Gasteiger partial charge on any atom is -0.282 e. The molecule has 0 bridgehead atoms. The maximum Gasteiger partial charge on any atom is 0.152 e. The summed E-state index contributed by atoms with van der Waals surface area (Å²) in [5.74, 6) is 0.186. The molecule has 0 fully saturated rings. The molecule has 5 aromatic rings. The number of amidine groups is 1. The first-order valence-electron chi connectivity index (χ1n) is 17.9. The Balaban J connectivity index is 1.58. The highest BCUT2D eigenvalue weighted by molar-refractivity contribution is 6.20. The van der Waals surface area contributed by atoms with Crippen molar-refractivity contribution < 1.29 is 0 Å². The first kappa shape index (κ1) is 37.6. The summed E-state index contributed by atoms with van der Waals surface area (Å²) in [5, 5.41) is 13.8. The van der Waals surface area contributed by atoms with Gasteiger partial charge < -0.3 is 0 Å². The number of benzene rings is 5. The van der Waals surface area contributed by atoms with Gasteiger partial charge in [0.05, 0.1) is 5.71 Å². The highest BCUT2D eigenvalue weighted by atomic mass is 14.8. The fourth-order valence-electron chi connectivity index (χ4n) is 6.28. The van der Waals surface area contributed by atoms with Gasteiger partial charge >= 0.3 is 0 Å². The average molecular weight is 687 g/mol. The first-order chi connectivity index (χ1) is 26.0. The molecule has 0 unspecified atom stereocenters. The quantitative estimate of drug-likeness (QED) is 0.0554. The lowest BCUT2D eigenvalue weighted by molar-refractivity contribution is 1.41. The Kier molecular flexibility index (Phi) is 13.6. The van der Waals surface area contributed by atoms with Crippen LogP contribution in [0.5, 0.6) is 0 Å². The Labute approximate surface area is 315 Å². The van der Waals surface area contributed by atoms with Crippen molar-refractivity contribution in [2.45, 2.75) is 20.8 Å². The van der Waals surface area contributed by atoms with E-state index >= 15 is 0 Å². The molecule has 0 aliphatic heterocycles. The summed E-state index contributed by atoms with van der Waals surface area (Å²) in [4.78, 5) is 4.90. The van der Waals surface area contributed by atoms with E-state index in [0.717, 1.165) is 39.0 Å². The van der Waals surface area contributed by atoms with Crippen LogP contribution in [0.4, 0.5) is 0 Å². The highest BCUT2D eigenvalue weighted by Gasteiger charge is 2.17. The number of rotatable bonds is 13. The molecule has 0 saturated heterocycles. The lowest BCUT2D eigenvalue weighted by Gasteiger charge is -2.18. The molecule has 0 aliphatic carbocycles. The minimum atomic E-state index is 0.186. The van der Waals surface area contributed by atoms with Crippen LogP contribution in [-0.2, 0) is 0 Å². The Morgan fingerprint density at radius 1 is 0.566 bits per heavy atom. The van der Waals surface area contributed by atoms with Crippen molar-refractivity contribution >= 4 is 44.2 Å². The van der Waals surface area contributed by atoms with E-state index in [0.29, 0.717) is 5.71 Å². The molecule has 0 amide bonds. The van der Waals surface area contributed by atoms with Gasteiger partial charge in [-0.1, -0.05) is 195 Å². The summed E-state index contributed by atoms with van der Waals surface area (Å²) in [7, 11) is 0. The Bertz CT molecular complexity index is 2340. The summed E-state index contributed by atoms with van der Waals surface area (Å²) in [6, 6.07) is 33.6. The molecular weight excluding hydrogens is 641 g/mol. The zero-order valence-corrected chi connectivity index (χ0v) is 30.8. The molecule has 0 heterocycles.